The first-order valence-electron chi connectivity index (χ1n) is 8.09. The van der Waals surface area contributed by atoms with E-state index in [0.29, 0.717) is 31.2 Å². The van der Waals surface area contributed by atoms with E-state index >= 15 is 0 Å². The standard InChI is InChI=1S/C18H24N4O2S.HI/c1-3-20-17(22-12-18(2,24)15-8-5-9-25-15)21-11-13-6-4-7-14(10-13)16(19)23;/h4-10,24H,3,11-12H2,1-2H3,(H2,19,23)(H2,20,21,22);1H. The fourth-order valence-electron chi connectivity index (χ4n) is 2.26. The fraction of sp³-hybridized carbons (Fsp3) is 0.333. The van der Waals surface area contributed by atoms with Crippen LogP contribution in [0.4, 0.5) is 0 Å². The number of primary amides is 1. The molecular formula is C18H25IN4O2S. The van der Waals surface area contributed by atoms with Gasteiger partial charge in [-0.15, -0.1) is 35.3 Å². The predicted molar refractivity (Wildman–Crippen MR) is 117 cm³/mol. The van der Waals surface area contributed by atoms with Crippen LogP contribution in [0.15, 0.2) is 46.8 Å². The Morgan fingerprint density at radius 3 is 2.69 bits per heavy atom. The average Bonchev–Trinajstić information content (AvgIpc) is 3.13. The van der Waals surface area contributed by atoms with Crippen molar-refractivity contribution in [2.75, 3.05) is 13.1 Å². The molecule has 1 heterocycles. The summed E-state index contributed by atoms with van der Waals surface area (Å²) in [6, 6.07) is 10.9. The Labute approximate surface area is 174 Å². The molecule has 0 saturated carbocycles. The molecule has 0 saturated heterocycles. The van der Waals surface area contributed by atoms with Gasteiger partial charge >= 0.3 is 0 Å². The summed E-state index contributed by atoms with van der Waals surface area (Å²) in [5.74, 6) is 0.145. The number of hydrogen-bond donors (Lipinski definition) is 4. The summed E-state index contributed by atoms with van der Waals surface area (Å²) in [5.41, 5.74) is 5.68. The number of aliphatic imine (C=N–C) groups is 1. The van der Waals surface area contributed by atoms with Crippen molar-refractivity contribution in [1.82, 2.24) is 10.6 Å². The number of amides is 1. The van der Waals surface area contributed by atoms with E-state index in [9.17, 15) is 9.90 Å². The lowest BCUT2D eigenvalue weighted by Crippen LogP contribution is -2.44. The molecule has 142 valence electrons. The number of guanidine groups is 1. The molecule has 1 aromatic carbocycles. The Balaban J connectivity index is 0.00000338. The van der Waals surface area contributed by atoms with Crippen molar-refractivity contribution in [1.29, 1.82) is 0 Å². The number of nitrogens with one attached hydrogen (secondary N) is 2. The van der Waals surface area contributed by atoms with Gasteiger partial charge in [-0.3, -0.25) is 4.79 Å². The number of rotatable bonds is 7. The minimum atomic E-state index is -0.976. The lowest BCUT2D eigenvalue weighted by Gasteiger charge is -2.23. The largest absolute Gasteiger partial charge is 0.383 e. The summed E-state index contributed by atoms with van der Waals surface area (Å²) in [4.78, 5) is 16.7. The van der Waals surface area contributed by atoms with Gasteiger partial charge in [-0.05, 0) is 43.0 Å². The molecule has 8 heteroatoms. The quantitative estimate of drug-likeness (QED) is 0.273. The number of carbonyl (C=O) groups is 1. The SMILES string of the molecule is CCNC(=NCc1cccc(C(N)=O)c1)NCC(C)(O)c1cccs1.I. The number of nitrogens with two attached hydrogens (primary N) is 1. The van der Waals surface area contributed by atoms with Gasteiger partial charge in [0, 0.05) is 17.0 Å². The van der Waals surface area contributed by atoms with Gasteiger partial charge in [0.1, 0.15) is 5.60 Å². The van der Waals surface area contributed by atoms with Gasteiger partial charge in [0.05, 0.1) is 13.1 Å². The molecule has 1 unspecified atom stereocenters. The van der Waals surface area contributed by atoms with Crippen molar-refractivity contribution < 1.29 is 9.90 Å². The third kappa shape index (κ3) is 6.58. The number of carbonyl (C=O) groups excluding carboxylic acids is 1. The molecule has 0 aliphatic rings. The van der Waals surface area contributed by atoms with E-state index < -0.39 is 11.5 Å². The summed E-state index contributed by atoms with van der Waals surface area (Å²) < 4.78 is 0. The number of thiophene rings is 1. The summed E-state index contributed by atoms with van der Waals surface area (Å²) in [6.07, 6.45) is 0. The van der Waals surface area contributed by atoms with Crippen LogP contribution in [-0.4, -0.2) is 30.1 Å². The molecule has 0 fully saturated rings. The van der Waals surface area contributed by atoms with Gasteiger partial charge in [0.25, 0.3) is 0 Å². The number of aliphatic hydroxyl groups is 1. The molecule has 0 radical (unpaired) electrons. The summed E-state index contributed by atoms with van der Waals surface area (Å²) in [7, 11) is 0. The van der Waals surface area contributed by atoms with Crippen LogP contribution in [-0.2, 0) is 12.1 Å². The van der Waals surface area contributed by atoms with Crippen LogP contribution in [0.25, 0.3) is 0 Å². The van der Waals surface area contributed by atoms with Crippen LogP contribution in [0.1, 0.15) is 34.6 Å². The highest BCUT2D eigenvalue weighted by atomic mass is 127. The molecule has 0 aliphatic carbocycles. The van der Waals surface area contributed by atoms with E-state index in [2.05, 4.69) is 15.6 Å². The maximum Gasteiger partial charge on any atom is 0.248 e. The van der Waals surface area contributed by atoms with Crippen molar-refractivity contribution in [3.8, 4) is 0 Å². The second-order valence-electron chi connectivity index (χ2n) is 5.86. The van der Waals surface area contributed by atoms with Crippen molar-refractivity contribution in [3.63, 3.8) is 0 Å². The smallest absolute Gasteiger partial charge is 0.248 e. The maximum atomic E-state index is 11.3. The van der Waals surface area contributed by atoms with Crippen molar-refractivity contribution >= 4 is 47.2 Å². The van der Waals surface area contributed by atoms with Crippen LogP contribution in [0, 0.1) is 0 Å². The topological polar surface area (TPSA) is 99.7 Å². The van der Waals surface area contributed by atoms with Gasteiger partial charge < -0.3 is 21.5 Å². The zero-order valence-electron chi connectivity index (χ0n) is 14.9. The lowest BCUT2D eigenvalue weighted by atomic mass is 10.1. The molecule has 2 rings (SSSR count). The van der Waals surface area contributed by atoms with E-state index in [-0.39, 0.29) is 24.0 Å². The van der Waals surface area contributed by atoms with Crippen LogP contribution in [0.3, 0.4) is 0 Å². The maximum absolute atomic E-state index is 11.3. The Morgan fingerprint density at radius 1 is 1.31 bits per heavy atom. The third-order valence-corrected chi connectivity index (χ3v) is 4.75. The van der Waals surface area contributed by atoms with Gasteiger partial charge in [0.15, 0.2) is 5.96 Å². The molecule has 1 amide bonds. The normalized spacial score (nSPS) is 13.4. The minimum absolute atomic E-state index is 0. The Hall–Kier alpha value is -1.65. The molecule has 6 nitrogen and oxygen atoms in total. The highest BCUT2D eigenvalue weighted by Crippen LogP contribution is 2.24. The number of benzene rings is 1. The number of halogens is 1. The Morgan fingerprint density at radius 2 is 2.08 bits per heavy atom. The minimum Gasteiger partial charge on any atom is -0.383 e. The van der Waals surface area contributed by atoms with Crippen LogP contribution < -0.4 is 16.4 Å². The molecule has 1 atom stereocenters. The monoisotopic (exact) mass is 488 g/mol. The fourth-order valence-corrected chi connectivity index (χ4v) is 3.05. The molecule has 26 heavy (non-hydrogen) atoms. The number of nitrogens with zero attached hydrogens (tertiary/aromatic N) is 1. The Bertz CT molecular complexity index is 733. The molecule has 2 aromatic rings. The zero-order chi connectivity index (χ0) is 18.3. The van der Waals surface area contributed by atoms with Crippen LogP contribution in [0.5, 0.6) is 0 Å². The Kier molecular flexibility index (Phi) is 9.03. The molecular weight excluding hydrogens is 463 g/mol. The lowest BCUT2D eigenvalue weighted by molar-refractivity contribution is 0.0655. The van der Waals surface area contributed by atoms with E-state index in [1.165, 1.54) is 11.3 Å². The summed E-state index contributed by atoms with van der Waals surface area (Å²) in [5, 5.41) is 18.8. The van der Waals surface area contributed by atoms with Gasteiger partial charge in [-0.25, -0.2) is 4.99 Å². The van der Waals surface area contributed by atoms with E-state index in [1.807, 2.05) is 30.5 Å². The van der Waals surface area contributed by atoms with Crippen LogP contribution in [0.2, 0.25) is 0 Å². The summed E-state index contributed by atoms with van der Waals surface area (Å²) in [6.45, 7) is 5.18. The molecule has 0 bridgehead atoms. The molecule has 0 spiro atoms. The molecule has 5 N–H and O–H groups in total. The highest BCUT2D eigenvalue weighted by molar-refractivity contribution is 14.0. The van der Waals surface area contributed by atoms with Crippen molar-refractivity contribution in [3.05, 3.63) is 57.8 Å². The van der Waals surface area contributed by atoms with Crippen LogP contribution >= 0.6 is 35.3 Å². The second kappa shape index (κ2) is 10.5. The third-order valence-electron chi connectivity index (χ3n) is 3.63. The first-order valence-corrected chi connectivity index (χ1v) is 8.97. The predicted octanol–water partition coefficient (Wildman–Crippen LogP) is 2.43. The first-order chi connectivity index (χ1) is 11.9. The van der Waals surface area contributed by atoms with Gasteiger partial charge in [0.2, 0.25) is 5.91 Å². The van der Waals surface area contributed by atoms with E-state index in [0.717, 1.165) is 10.4 Å². The van der Waals surface area contributed by atoms with Crippen molar-refractivity contribution in [2.24, 2.45) is 10.7 Å². The molecule has 0 aliphatic heterocycles. The first kappa shape index (κ1) is 22.4. The molecule has 1 aromatic heterocycles. The van der Waals surface area contributed by atoms with E-state index in [4.69, 9.17) is 5.73 Å². The zero-order valence-corrected chi connectivity index (χ0v) is 18.0. The van der Waals surface area contributed by atoms with E-state index in [1.54, 1.807) is 25.1 Å². The highest BCUT2D eigenvalue weighted by Gasteiger charge is 2.24. The van der Waals surface area contributed by atoms with Crippen molar-refractivity contribution in [2.45, 2.75) is 26.0 Å². The summed E-state index contributed by atoms with van der Waals surface area (Å²) >= 11 is 1.52. The average molecular weight is 488 g/mol. The van der Waals surface area contributed by atoms with Gasteiger partial charge in [-0.1, -0.05) is 18.2 Å². The van der Waals surface area contributed by atoms with Gasteiger partial charge in [-0.2, -0.15) is 0 Å². The second-order valence-corrected chi connectivity index (χ2v) is 6.81. The number of hydrogen-bond acceptors (Lipinski definition) is 4.